The summed E-state index contributed by atoms with van der Waals surface area (Å²) in [5, 5.41) is 3.14. The number of aromatic nitrogens is 2. The molecule has 0 radical (unpaired) electrons. The quantitative estimate of drug-likeness (QED) is 0.229. The van der Waals surface area contributed by atoms with Crippen molar-refractivity contribution in [3.8, 4) is 11.5 Å². The minimum absolute atomic E-state index is 0.00167. The van der Waals surface area contributed by atoms with E-state index in [0.29, 0.717) is 33.9 Å². The number of benzene rings is 3. The van der Waals surface area contributed by atoms with Crippen molar-refractivity contribution >= 4 is 50.0 Å². The smallest absolute Gasteiger partial charge is 0.263 e. The Morgan fingerprint density at radius 2 is 1.57 bits per heavy atom. The highest BCUT2D eigenvalue weighted by Gasteiger charge is 2.22. The van der Waals surface area contributed by atoms with Crippen LogP contribution in [-0.4, -0.2) is 51.1 Å². The fraction of sp³-hybridized carbons (Fsp3) is 0.250. The summed E-state index contributed by atoms with van der Waals surface area (Å²) >= 11 is 0. The van der Waals surface area contributed by atoms with E-state index in [9.17, 15) is 13.2 Å². The minimum Gasteiger partial charge on any atom is -0.497 e. The van der Waals surface area contributed by atoms with Crippen molar-refractivity contribution in [3.05, 3.63) is 66.7 Å². The van der Waals surface area contributed by atoms with Crippen molar-refractivity contribution in [2.75, 3.05) is 35.7 Å². The number of methoxy groups -OCH3 is 2. The first-order valence-corrected chi connectivity index (χ1v) is 14.1. The van der Waals surface area contributed by atoms with E-state index in [4.69, 9.17) is 15.2 Å². The van der Waals surface area contributed by atoms with Crippen LogP contribution in [0.25, 0.3) is 11.0 Å². The van der Waals surface area contributed by atoms with Crippen LogP contribution in [0, 0.1) is 0 Å². The minimum atomic E-state index is -4.12. The van der Waals surface area contributed by atoms with Crippen molar-refractivity contribution in [1.29, 1.82) is 0 Å². The molecular weight excluding hydrogens is 532 g/mol. The number of fused-ring (bicyclic) bond motifs is 1. The van der Waals surface area contributed by atoms with Gasteiger partial charge < -0.3 is 25.4 Å². The van der Waals surface area contributed by atoms with Crippen LogP contribution < -0.4 is 30.1 Å². The van der Waals surface area contributed by atoms with Gasteiger partial charge in [-0.15, -0.1) is 0 Å². The van der Waals surface area contributed by atoms with Crippen LogP contribution in [0.2, 0.25) is 0 Å². The molecule has 4 aromatic rings. The molecule has 12 heteroatoms. The summed E-state index contributed by atoms with van der Waals surface area (Å²) in [6.07, 6.45) is 0.735. The maximum atomic E-state index is 13.6. The molecule has 1 unspecified atom stereocenters. The first-order valence-electron chi connectivity index (χ1n) is 12.6. The Balaban J connectivity index is 1.75. The molecule has 11 nitrogen and oxygen atoms in total. The maximum absolute atomic E-state index is 13.6. The van der Waals surface area contributed by atoms with Crippen molar-refractivity contribution in [2.24, 2.45) is 5.73 Å². The largest absolute Gasteiger partial charge is 0.497 e. The summed E-state index contributed by atoms with van der Waals surface area (Å²) in [6.45, 7) is 3.88. The number of anilines is 4. The average molecular weight is 565 g/mol. The van der Waals surface area contributed by atoms with E-state index < -0.39 is 15.9 Å². The van der Waals surface area contributed by atoms with E-state index in [-0.39, 0.29) is 29.1 Å². The fourth-order valence-corrected chi connectivity index (χ4v) is 5.13. The molecule has 3 aromatic carbocycles. The van der Waals surface area contributed by atoms with Gasteiger partial charge in [0.25, 0.3) is 10.0 Å². The number of ether oxygens (including phenoxy) is 2. The topological polar surface area (TPSA) is 149 Å². The average Bonchev–Trinajstić information content (AvgIpc) is 2.95. The SMILES string of the molecule is CCC(C)N(CC(N)=O)c1cccc(S(=O)(=O)Nc2nc3ccccc3nc2Nc2cc(OC)cc(OC)c2)c1. The molecule has 0 bridgehead atoms. The summed E-state index contributed by atoms with van der Waals surface area (Å²) in [5.41, 5.74) is 7.65. The number of primary amides is 1. The van der Waals surface area contributed by atoms with E-state index in [1.165, 1.54) is 26.4 Å². The zero-order valence-corrected chi connectivity index (χ0v) is 23.5. The van der Waals surface area contributed by atoms with Crippen LogP contribution in [0.15, 0.2) is 71.6 Å². The lowest BCUT2D eigenvalue weighted by molar-refractivity contribution is -0.116. The summed E-state index contributed by atoms with van der Waals surface area (Å²) in [6, 6.07) is 18.6. The molecule has 0 aliphatic heterocycles. The third-order valence-corrected chi connectivity index (χ3v) is 7.66. The Labute approximate surface area is 233 Å². The normalized spacial score (nSPS) is 12.0. The van der Waals surface area contributed by atoms with Gasteiger partial charge in [0.1, 0.15) is 11.5 Å². The first-order chi connectivity index (χ1) is 19.1. The van der Waals surface area contributed by atoms with Crippen LogP contribution in [0.4, 0.5) is 23.0 Å². The molecule has 1 atom stereocenters. The van der Waals surface area contributed by atoms with E-state index in [0.717, 1.165) is 6.42 Å². The van der Waals surface area contributed by atoms with Gasteiger partial charge in [0.15, 0.2) is 11.6 Å². The number of nitrogens with zero attached hydrogens (tertiary/aromatic N) is 3. The third-order valence-electron chi connectivity index (χ3n) is 6.32. The molecule has 210 valence electrons. The Kier molecular flexibility index (Phi) is 8.58. The zero-order valence-electron chi connectivity index (χ0n) is 22.7. The molecule has 0 aliphatic carbocycles. The summed E-state index contributed by atoms with van der Waals surface area (Å²) in [7, 11) is -1.05. The second-order valence-electron chi connectivity index (χ2n) is 9.09. The van der Waals surface area contributed by atoms with Gasteiger partial charge in [0.2, 0.25) is 5.91 Å². The van der Waals surface area contributed by atoms with Crippen LogP contribution in [0.3, 0.4) is 0 Å². The third kappa shape index (κ3) is 6.52. The van der Waals surface area contributed by atoms with Crippen LogP contribution in [0.5, 0.6) is 11.5 Å². The predicted molar refractivity (Wildman–Crippen MR) is 156 cm³/mol. The van der Waals surface area contributed by atoms with Crippen molar-refractivity contribution in [3.63, 3.8) is 0 Å². The Hall–Kier alpha value is -4.58. The predicted octanol–water partition coefficient (Wildman–Crippen LogP) is 4.28. The lowest BCUT2D eigenvalue weighted by Crippen LogP contribution is -2.39. The van der Waals surface area contributed by atoms with Gasteiger partial charge in [0, 0.05) is 35.6 Å². The highest BCUT2D eigenvalue weighted by molar-refractivity contribution is 7.92. The number of para-hydroxylation sites is 2. The van der Waals surface area contributed by atoms with Gasteiger partial charge in [-0.05, 0) is 43.7 Å². The van der Waals surface area contributed by atoms with Crippen molar-refractivity contribution in [1.82, 2.24) is 9.97 Å². The zero-order chi connectivity index (χ0) is 28.9. The Bertz CT molecular complexity index is 1610. The molecule has 0 aliphatic rings. The molecular formula is C28H32N6O5S. The highest BCUT2D eigenvalue weighted by atomic mass is 32.2. The van der Waals surface area contributed by atoms with E-state index in [1.54, 1.807) is 53.4 Å². The highest BCUT2D eigenvalue weighted by Crippen LogP contribution is 2.32. The van der Waals surface area contributed by atoms with Gasteiger partial charge in [-0.1, -0.05) is 25.1 Å². The Morgan fingerprint density at radius 1 is 0.950 bits per heavy atom. The van der Waals surface area contributed by atoms with E-state index >= 15 is 0 Å². The van der Waals surface area contributed by atoms with Gasteiger partial charge in [-0.2, -0.15) is 0 Å². The molecule has 0 saturated carbocycles. The molecule has 4 N–H and O–H groups in total. The second-order valence-corrected chi connectivity index (χ2v) is 10.8. The van der Waals surface area contributed by atoms with Gasteiger partial charge >= 0.3 is 0 Å². The van der Waals surface area contributed by atoms with E-state index in [2.05, 4.69) is 20.0 Å². The molecule has 1 aromatic heterocycles. The monoisotopic (exact) mass is 564 g/mol. The number of rotatable bonds is 12. The number of carbonyl (C=O) groups excluding carboxylic acids is 1. The summed E-state index contributed by atoms with van der Waals surface area (Å²) < 4.78 is 40.5. The standard InChI is InChI=1S/C28H32N6O5S/c1-5-18(2)34(17-26(29)35)20-9-8-10-23(15-20)40(36,37)33-28-27(31-24-11-6-7-12-25(24)32-28)30-19-13-21(38-3)16-22(14-19)39-4/h6-16,18H,5,17H2,1-4H3,(H2,29,35)(H,30,31)(H,32,33). The number of amides is 1. The second kappa shape index (κ2) is 12.1. The summed E-state index contributed by atoms with van der Waals surface area (Å²) in [5.74, 6) is 0.751. The number of nitrogens with one attached hydrogen (secondary N) is 2. The summed E-state index contributed by atoms with van der Waals surface area (Å²) in [4.78, 5) is 22.7. The Morgan fingerprint density at radius 3 is 2.15 bits per heavy atom. The molecule has 0 saturated heterocycles. The van der Waals surface area contributed by atoms with Crippen LogP contribution in [-0.2, 0) is 14.8 Å². The maximum Gasteiger partial charge on any atom is 0.263 e. The number of carbonyl (C=O) groups is 1. The first kappa shape index (κ1) is 28.4. The number of hydrogen-bond donors (Lipinski definition) is 3. The number of hydrogen-bond acceptors (Lipinski definition) is 9. The number of sulfonamides is 1. The lowest BCUT2D eigenvalue weighted by atomic mass is 10.2. The van der Waals surface area contributed by atoms with Crippen molar-refractivity contribution < 1.29 is 22.7 Å². The van der Waals surface area contributed by atoms with Gasteiger partial charge in [-0.25, -0.2) is 18.4 Å². The van der Waals surface area contributed by atoms with Gasteiger partial charge in [-0.3, -0.25) is 9.52 Å². The fourth-order valence-electron chi connectivity index (χ4n) is 4.08. The van der Waals surface area contributed by atoms with Crippen LogP contribution >= 0.6 is 0 Å². The van der Waals surface area contributed by atoms with Gasteiger partial charge in [0.05, 0.1) is 36.7 Å². The lowest BCUT2D eigenvalue weighted by Gasteiger charge is -2.29. The molecule has 4 rings (SSSR count). The molecule has 1 heterocycles. The van der Waals surface area contributed by atoms with E-state index in [1.807, 2.05) is 19.9 Å². The molecule has 40 heavy (non-hydrogen) atoms. The molecule has 1 amide bonds. The van der Waals surface area contributed by atoms with Crippen molar-refractivity contribution in [2.45, 2.75) is 31.2 Å². The number of nitrogens with two attached hydrogens (primary N) is 1. The molecule has 0 spiro atoms. The van der Waals surface area contributed by atoms with Crippen LogP contribution in [0.1, 0.15) is 20.3 Å². The molecule has 0 fully saturated rings.